The van der Waals surface area contributed by atoms with E-state index in [0.717, 1.165) is 41.8 Å². The third-order valence-electron chi connectivity index (χ3n) is 4.61. The predicted molar refractivity (Wildman–Crippen MR) is 105 cm³/mol. The van der Waals surface area contributed by atoms with Crippen molar-refractivity contribution >= 4 is 11.8 Å². The van der Waals surface area contributed by atoms with Crippen molar-refractivity contribution in [3.05, 3.63) is 95.3 Å². The van der Waals surface area contributed by atoms with Crippen LogP contribution in [0.5, 0.6) is 0 Å². The Morgan fingerprint density at radius 3 is 2.56 bits per heavy atom. The Labute approximate surface area is 156 Å². The van der Waals surface area contributed by atoms with Gasteiger partial charge in [0.05, 0.1) is 5.71 Å². The Hall–Kier alpha value is -3.14. The Balaban J connectivity index is 1.76. The SMILES string of the molecule is Fc1ccccc1-c1cc(/C=C2\CCCN=C2c2cccnc2)ccc1F. The van der Waals surface area contributed by atoms with Crippen LogP contribution in [0.2, 0.25) is 0 Å². The number of aliphatic imine (C=N–C) groups is 1. The molecule has 1 aliphatic heterocycles. The molecule has 2 nitrogen and oxygen atoms in total. The van der Waals surface area contributed by atoms with Crippen molar-refractivity contribution in [2.45, 2.75) is 12.8 Å². The third-order valence-corrected chi connectivity index (χ3v) is 4.61. The first-order valence-corrected chi connectivity index (χ1v) is 8.92. The Bertz CT molecular complexity index is 1020. The highest BCUT2D eigenvalue weighted by atomic mass is 19.1. The fourth-order valence-electron chi connectivity index (χ4n) is 3.32. The highest BCUT2D eigenvalue weighted by Crippen LogP contribution is 2.28. The molecule has 0 spiro atoms. The van der Waals surface area contributed by atoms with Crippen LogP contribution in [0, 0.1) is 11.6 Å². The van der Waals surface area contributed by atoms with Crippen LogP contribution in [0.1, 0.15) is 24.0 Å². The van der Waals surface area contributed by atoms with Gasteiger partial charge in [-0.2, -0.15) is 0 Å². The van der Waals surface area contributed by atoms with Crippen LogP contribution in [0.4, 0.5) is 8.78 Å². The fourth-order valence-corrected chi connectivity index (χ4v) is 3.32. The zero-order valence-corrected chi connectivity index (χ0v) is 14.7. The van der Waals surface area contributed by atoms with Crippen LogP contribution in [-0.2, 0) is 0 Å². The zero-order valence-electron chi connectivity index (χ0n) is 14.7. The first kappa shape index (κ1) is 17.3. The third kappa shape index (κ3) is 3.70. The summed E-state index contributed by atoms with van der Waals surface area (Å²) in [6.45, 7) is 0.783. The van der Waals surface area contributed by atoms with Crippen molar-refractivity contribution in [2.24, 2.45) is 4.99 Å². The maximum absolute atomic E-state index is 14.3. The molecule has 0 amide bonds. The van der Waals surface area contributed by atoms with E-state index in [0.29, 0.717) is 0 Å². The lowest BCUT2D eigenvalue weighted by Gasteiger charge is -2.16. The van der Waals surface area contributed by atoms with Crippen molar-refractivity contribution in [1.82, 2.24) is 4.98 Å². The minimum atomic E-state index is -0.438. The normalized spacial score (nSPS) is 15.6. The molecule has 0 atom stereocenters. The molecule has 0 unspecified atom stereocenters. The molecule has 4 rings (SSSR count). The standard InChI is InChI=1S/C23H18F2N2/c24-21-8-2-1-7-19(21)20-14-16(9-10-22(20)25)13-17-5-4-12-27-23(17)18-6-3-11-26-15-18/h1-3,6-11,13-15H,4-5,12H2/b17-13+. The van der Waals surface area contributed by atoms with Gasteiger partial charge in [-0.3, -0.25) is 9.98 Å². The van der Waals surface area contributed by atoms with Crippen molar-refractivity contribution in [2.75, 3.05) is 6.54 Å². The topological polar surface area (TPSA) is 25.2 Å². The number of aromatic nitrogens is 1. The molecule has 0 N–H and O–H groups in total. The molecule has 1 aromatic heterocycles. The summed E-state index contributed by atoms with van der Waals surface area (Å²) in [4.78, 5) is 8.84. The number of nitrogens with zero attached hydrogens (tertiary/aromatic N) is 2. The molecule has 0 fully saturated rings. The molecular formula is C23H18F2N2. The quantitative estimate of drug-likeness (QED) is 0.589. The highest BCUT2D eigenvalue weighted by molar-refractivity contribution is 6.15. The van der Waals surface area contributed by atoms with Crippen LogP contribution in [0.15, 0.2) is 77.6 Å². The lowest BCUT2D eigenvalue weighted by Crippen LogP contribution is -2.11. The average molecular weight is 360 g/mol. The van der Waals surface area contributed by atoms with Crippen LogP contribution < -0.4 is 0 Å². The Morgan fingerprint density at radius 2 is 1.74 bits per heavy atom. The number of halogens is 2. The van der Waals surface area contributed by atoms with Gasteiger partial charge in [-0.05, 0) is 60.4 Å². The number of hydrogen-bond acceptors (Lipinski definition) is 2. The van der Waals surface area contributed by atoms with Crippen LogP contribution >= 0.6 is 0 Å². The van der Waals surface area contributed by atoms with Crippen molar-refractivity contribution < 1.29 is 8.78 Å². The summed E-state index contributed by atoms with van der Waals surface area (Å²) in [7, 11) is 0. The second kappa shape index (κ2) is 7.62. The van der Waals surface area contributed by atoms with E-state index in [1.807, 2.05) is 18.2 Å². The van der Waals surface area contributed by atoms with Crippen molar-refractivity contribution in [3.8, 4) is 11.1 Å². The summed E-state index contributed by atoms with van der Waals surface area (Å²) in [5.74, 6) is -0.872. The largest absolute Gasteiger partial charge is 0.284 e. The van der Waals surface area contributed by atoms with Crippen molar-refractivity contribution in [3.63, 3.8) is 0 Å². The van der Waals surface area contributed by atoms with E-state index in [-0.39, 0.29) is 11.1 Å². The van der Waals surface area contributed by atoms with Gasteiger partial charge in [-0.25, -0.2) is 8.78 Å². The molecule has 2 aromatic carbocycles. The Kier molecular flexibility index (Phi) is 4.88. The van der Waals surface area contributed by atoms with Gasteiger partial charge >= 0.3 is 0 Å². The van der Waals surface area contributed by atoms with Crippen LogP contribution in [-0.4, -0.2) is 17.2 Å². The lowest BCUT2D eigenvalue weighted by molar-refractivity contribution is 0.616. The molecular weight excluding hydrogens is 342 g/mol. The summed E-state index contributed by atoms with van der Waals surface area (Å²) >= 11 is 0. The summed E-state index contributed by atoms with van der Waals surface area (Å²) in [5.41, 5.74) is 4.33. The van der Waals surface area contributed by atoms with E-state index >= 15 is 0 Å². The first-order valence-electron chi connectivity index (χ1n) is 8.92. The summed E-state index contributed by atoms with van der Waals surface area (Å²) in [5, 5.41) is 0. The maximum Gasteiger partial charge on any atom is 0.131 e. The average Bonchev–Trinajstić information content (AvgIpc) is 2.71. The highest BCUT2D eigenvalue weighted by Gasteiger charge is 2.15. The van der Waals surface area contributed by atoms with Gasteiger partial charge in [-0.15, -0.1) is 0 Å². The zero-order chi connectivity index (χ0) is 18.6. The molecule has 4 heteroatoms. The minimum absolute atomic E-state index is 0.262. The maximum atomic E-state index is 14.3. The van der Waals surface area contributed by atoms with Gasteiger partial charge in [0.1, 0.15) is 11.6 Å². The molecule has 0 bridgehead atoms. The first-order chi connectivity index (χ1) is 13.2. The molecule has 134 valence electrons. The molecule has 0 saturated carbocycles. The van der Waals surface area contributed by atoms with Gasteiger partial charge in [0.25, 0.3) is 0 Å². The molecule has 1 aliphatic rings. The number of allylic oxidation sites excluding steroid dienone is 1. The van der Waals surface area contributed by atoms with E-state index in [4.69, 9.17) is 0 Å². The van der Waals surface area contributed by atoms with Gasteiger partial charge in [0.2, 0.25) is 0 Å². The van der Waals surface area contributed by atoms with Crippen LogP contribution in [0.3, 0.4) is 0 Å². The number of benzene rings is 2. The molecule has 0 saturated heterocycles. The van der Waals surface area contributed by atoms with Gasteiger partial charge in [0.15, 0.2) is 0 Å². The smallest absolute Gasteiger partial charge is 0.131 e. The van der Waals surface area contributed by atoms with Crippen molar-refractivity contribution in [1.29, 1.82) is 0 Å². The van der Waals surface area contributed by atoms with E-state index in [9.17, 15) is 8.78 Å². The Morgan fingerprint density at radius 1 is 0.889 bits per heavy atom. The molecule has 27 heavy (non-hydrogen) atoms. The van der Waals surface area contributed by atoms with Gasteiger partial charge in [0, 0.05) is 35.6 Å². The predicted octanol–water partition coefficient (Wildman–Crippen LogP) is 5.69. The number of hydrogen-bond donors (Lipinski definition) is 0. The fraction of sp³-hybridized carbons (Fsp3) is 0.130. The van der Waals surface area contributed by atoms with E-state index in [2.05, 4.69) is 9.98 Å². The molecule has 0 aliphatic carbocycles. The van der Waals surface area contributed by atoms with Gasteiger partial charge in [-0.1, -0.05) is 24.3 Å². The molecule has 2 heterocycles. The summed E-state index contributed by atoms with van der Waals surface area (Å²) in [6.07, 6.45) is 7.40. The monoisotopic (exact) mass is 360 g/mol. The minimum Gasteiger partial charge on any atom is -0.284 e. The molecule has 0 radical (unpaired) electrons. The van der Waals surface area contributed by atoms with Gasteiger partial charge < -0.3 is 0 Å². The lowest BCUT2D eigenvalue weighted by atomic mass is 9.94. The van der Waals surface area contributed by atoms with E-state index < -0.39 is 11.6 Å². The van der Waals surface area contributed by atoms with Crippen LogP contribution in [0.25, 0.3) is 17.2 Å². The summed E-state index contributed by atoms with van der Waals surface area (Å²) in [6, 6.07) is 14.9. The second-order valence-electron chi connectivity index (χ2n) is 6.46. The summed E-state index contributed by atoms with van der Waals surface area (Å²) < 4.78 is 28.5. The second-order valence-corrected chi connectivity index (χ2v) is 6.46. The number of rotatable bonds is 3. The van der Waals surface area contributed by atoms with E-state index in [1.165, 1.54) is 12.1 Å². The van der Waals surface area contributed by atoms with E-state index in [1.54, 1.807) is 42.7 Å². The molecule has 3 aromatic rings. The number of pyridine rings is 1.